The predicted molar refractivity (Wildman–Crippen MR) is 103 cm³/mol. The fraction of sp³-hybridized carbons (Fsp3) is 0.250. The maximum Gasteiger partial charge on any atom is 0.431 e. The van der Waals surface area contributed by atoms with E-state index in [2.05, 4.69) is 4.37 Å². The molecule has 14 heteroatoms. The number of nitrogens with zero attached hydrogens (tertiary/aromatic N) is 4. The topological polar surface area (TPSA) is 111 Å². The molecule has 0 aliphatic heterocycles. The Balaban J connectivity index is 2.33. The van der Waals surface area contributed by atoms with Gasteiger partial charge in [-0.25, -0.2) is 13.2 Å². The minimum Gasteiger partial charge on any atom is -0.291 e. The van der Waals surface area contributed by atoms with E-state index in [0.717, 1.165) is 18.5 Å². The molecule has 3 aromatic rings. The van der Waals surface area contributed by atoms with E-state index >= 15 is 0 Å². The van der Waals surface area contributed by atoms with Gasteiger partial charge in [0.1, 0.15) is 5.69 Å². The highest BCUT2D eigenvalue weighted by Gasteiger charge is 2.38. The van der Waals surface area contributed by atoms with Crippen molar-refractivity contribution in [1.29, 1.82) is 0 Å². The van der Waals surface area contributed by atoms with Crippen LogP contribution in [0.1, 0.15) is 23.1 Å². The molecular formula is C16H13F3N4O5S2. The van der Waals surface area contributed by atoms with Gasteiger partial charge in [-0.1, -0.05) is 18.2 Å². The van der Waals surface area contributed by atoms with E-state index in [1.165, 1.54) is 6.07 Å². The SMILES string of the molecule is CCS(=O)(=O)N(C(=O)c1nsc2ccccc12)n1c(=O)cc(C(F)(F)F)n(C)c1=O. The highest BCUT2D eigenvalue weighted by molar-refractivity contribution is 7.93. The second-order valence-corrected chi connectivity index (χ2v) is 8.89. The van der Waals surface area contributed by atoms with E-state index in [4.69, 9.17) is 0 Å². The molecule has 3 rings (SSSR count). The van der Waals surface area contributed by atoms with Crippen LogP contribution in [0.15, 0.2) is 39.9 Å². The Morgan fingerprint density at radius 3 is 2.47 bits per heavy atom. The first-order chi connectivity index (χ1) is 13.9. The summed E-state index contributed by atoms with van der Waals surface area (Å²) in [6, 6.07) is 6.37. The van der Waals surface area contributed by atoms with E-state index < -0.39 is 44.8 Å². The summed E-state index contributed by atoms with van der Waals surface area (Å²) in [7, 11) is -3.89. The van der Waals surface area contributed by atoms with Crippen LogP contribution < -0.4 is 15.7 Å². The van der Waals surface area contributed by atoms with Crippen LogP contribution in [0.3, 0.4) is 0 Å². The fourth-order valence-electron chi connectivity index (χ4n) is 2.65. The first-order valence-electron chi connectivity index (χ1n) is 8.22. The molecule has 2 aromatic heterocycles. The van der Waals surface area contributed by atoms with Crippen LogP contribution in [-0.4, -0.2) is 33.7 Å². The minimum absolute atomic E-state index is 0.0476. The zero-order valence-corrected chi connectivity index (χ0v) is 17.0. The zero-order chi connectivity index (χ0) is 22.4. The first-order valence-corrected chi connectivity index (χ1v) is 10.6. The monoisotopic (exact) mass is 462 g/mol. The van der Waals surface area contributed by atoms with Gasteiger partial charge in [-0.05, 0) is 24.5 Å². The van der Waals surface area contributed by atoms with Crippen molar-refractivity contribution in [2.24, 2.45) is 7.05 Å². The molecule has 0 radical (unpaired) electrons. The van der Waals surface area contributed by atoms with Crippen molar-refractivity contribution in [1.82, 2.24) is 13.6 Å². The number of fused-ring (bicyclic) bond motifs is 1. The molecule has 160 valence electrons. The lowest BCUT2D eigenvalue weighted by molar-refractivity contribution is -0.144. The second-order valence-electron chi connectivity index (χ2n) is 5.99. The van der Waals surface area contributed by atoms with Crippen molar-refractivity contribution in [2.75, 3.05) is 10.2 Å². The van der Waals surface area contributed by atoms with Crippen LogP contribution >= 0.6 is 11.5 Å². The number of carbonyl (C=O) groups is 1. The molecule has 1 aromatic carbocycles. The molecule has 0 unspecified atom stereocenters. The average Bonchev–Trinajstić information content (AvgIpc) is 3.10. The number of hydrogen-bond acceptors (Lipinski definition) is 7. The summed E-state index contributed by atoms with van der Waals surface area (Å²) >= 11 is 0.879. The Hall–Kier alpha value is -3.00. The Labute approximate surface area is 170 Å². The lowest BCUT2D eigenvalue weighted by Crippen LogP contribution is -2.58. The van der Waals surface area contributed by atoms with E-state index in [0.29, 0.717) is 11.7 Å². The van der Waals surface area contributed by atoms with Crippen molar-refractivity contribution >= 4 is 37.5 Å². The Kier molecular flexibility index (Phi) is 5.32. The molecule has 0 bridgehead atoms. The van der Waals surface area contributed by atoms with Crippen LogP contribution in [0, 0.1) is 0 Å². The first kappa shape index (κ1) is 21.7. The van der Waals surface area contributed by atoms with Gasteiger partial charge in [-0.2, -0.15) is 17.5 Å². The summed E-state index contributed by atoms with van der Waals surface area (Å²) < 4.78 is 68.7. The maximum absolute atomic E-state index is 13.1. The van der Waals surface area contributed by atoms with Gasteiger partial charge in [0.25, 0.3) is 15.6 Å². The van der Waals surface area contributed by atoms with Gasteiger partial charge in [0.2, 0.25) is 0 Å². The molecule has 2 heterocycles. The number of amides is 1. The Morgan fingerprint density at radius 2 is 1.87 bits per heavy atom. The Bertz CT molecular complexity index is 1370. The highest BCUT2D eigenvalue weighted by Crippen LogP contribution is 2.27. The average molecular weight is 462 g/mol. The van der Waals surface area contributed by atoms with Crippen LogP contribution in [0.25, 0.3) is 10.1 Å². The summed E-state index contributed by atoms with van der Waals surface area (Å²) in [6.07, 6.45) is -5.05. The largest absolute Gasteiger partial charge is 0.431 e. The number of aromatic nitrogens is 3. The maximum atomic E-state index is 13.1. The van der Waals surface area contributed by atoms with E-state index in [1.807, 2.05) is 0 Å². The van der Waals surface area contributed by atoms with Gasteiger partial charge in [-0.3, -0.25) is 14.2 Å². The zero-order valence-electron chi connectivity index (χ0n) is 15.4. The van der Waals surface area contributed by atoms with Crippen molar-refractivity contribution < 1.29 is 26.4 Å². The second kappa shape index (κ2) is 7.36. The fourth-order valence-corrected chi connectivity index (χ4v) is 4.40. The van der Waals surface area contributed by atoms with Gasteiger partial charge in [0.05, 0.1) is 10.5 Å². The number of benzene rings is 1. The van der Waals surface area contributed by atoms with Crippen LogP contribution in [0.4, 0.5) is 13.2 Å². The number of hydrogen-bond donors (Lipinski definition) is 0. The van der Waals surface area contributed by atoms with Crippen LogP contribution in [0.5, 0.6) is 0 Å². The minimum atomic E-state index is -5.05. The van der Waals surface area contributed by atoms with Gasteiger partial charge in [0.15, 0.2) is 5.69 Å². The number of carbonyl (C=O) groups excluding carboxylic acids is 1. The number of sulfonamides is 1. The molecule has 30 heavy (non-hydrogen) atoms. The molecule has 9 nitrogen and oxygen atoms in total. The van der Waals surface area contributed by atoms with Gasteiger partial charge < -0.3 is 0 Å². The quantitative estimate of drug-likeness (QED) is 0.578. The lowest BCUT2D eigenvalue weighted by atomic mass is 10.2. The molecular weight excluding hydrogens is 449 g/mol. The molecule has 0 atom stereocenters. The van der Waals surface area contributed by atoms with Gasteiger partial charge in [-0.15, -0.1) is 9.09 Å². The summed E-state index contributed by atoms with van der Waals surface area (Å²) in [5, 5.41) is 0.264. The third-order valence-corrected chi connectivity index (χ3v) is 6.56. The number of alkyl halides is 3. The molecule has 0 saturated heterocycles. The third-order valence-electron chi connectivity index (χ3n) is 4.15. The van der Waals surface area contributed by atoms with Gasteiger partial charge in [0, 0.05) is 18.5 Å². The number of halogens is 3. The summed E-state index contributed by atoms with van der Waals surface area (Å²) in [4.78, 5) is 38.0. The van der Waals surface area contributed by atoms with E-state index in [-0.39, 0.29) is 30.8 Å². The normalized spacial score (nSPS) is 12.3. The third kappa shape index (κ3) is 3.52. The molecule has 0 aliphatic rings. The van der Waals surface area contributed by atoms with Crippen molar-refractivity contribution in [2.45, 2.75) is 13.1 Å². The number of rotatable bonds is 4. The van der Waals surface area contributed by atoms with E-state index in [9.17, 15) is 36.0 Å². The molecule has 0 saturated carbocycles. The smallest absolute Gasteiger partial charge is 0.291 e. The Morgan fingerprint density at radius 1 is 1.23 bits per heavy atom. The predicted octanol–water partition coefficient (Wildman–Crippen LogP) is 1.30. The van der Waals surface area contributed by atoms with E-state index in [1.54, 1.807) is 18.2 Å². The lowest BCUT2D eigenvalue weighted by Gasteiger charge is -2.23. The molecule has 0 fully saturated rings. The summed E-state index contributed by atoms with van der Waals surface area (Å²) in [6.45, 7) is 1.15. The highest BCUT2D eigenvalue weighted by atomic mass is 32.2. The standard InChI is InChI=1S/C16H13F3N4O5S2/c1-3-30(27,28)23(14(25)13-9-6-4-5-7-10(9)29-20-13)22-12(24)8-11(16(17,18)19)21(2)15(22)26/h4-8H,3H2,1-2H3. The van der Waals surface area contributed by atoms with Crippen molar-refractivity contribution in [3.8, 4) is 0 Å². The van der Waals surface area contributed by atoms with Crippen LogP contribution in [-0.2, 0) is 23.2 Å². The van der Waals surface area contributed by atoms with Crippen molar-refractivity contribution in [3.63, 3.8) is 0 Å². The van der Waals surface area contributed by atoms with Gasteiger partial charge >= 0.3 is 17.8 Å². The molecule has 0 aliphatic carbocycles. The molecule has 0 spiro atoms. The van der Waals surface area contributed by atoms with Crippen molar-refractivity contribution in [3.05, 3.63) is 62.6 Å². The summed E-state index contributed by atoms with van der Waals surface area (Å²) in [5.74, 6) is -2.05. The molecule has 1 amide bonds. The van der Waals surface area contributed by atoms with Crippen LogP contribution in [0.2, 0.25) is 0 Å². The molecule has 0 N–H and O–H groups in total. The summed E-state index contributed by atoms with van der Waals surface area (Å²) in [5.41, 5.74) is -5.23.